The number of nitrogens with two attached hydrogens (primary N) is 1. The molecule has 0 unspecified atom stereocenters. The number of aryl methyl sites for hydroxylation is 2. The van der Waals surface area contributed by atoms with Gasteiger partial charge >= 0.3 is 0 Å². The van der Waals surface area contributed by atoms with Crippen LogP contribution in [0.5, 0.6) is 0 Å². The Kier molecular flexibility index (Phi) is 3.71. The Balaban J connectivity index is 1.88. The fourth-order valence-corrected chi connectivity index (χ4v) is 4.15. The predicted octanol–water partition coefficient (Wildman–Crippen LogP) is 3.31. The van der Waals surface area contributed by atoms with Crippen molar-refractivity contribution in [3.8, 4) is 0 Å². The van der Waals surface area contributed by atoms with Gasteiger partial charge in [0.1, 0.15) is 0 Å². The average molecular weight is 319 g/mol. The smallest absolute Gasteiger partial charge is 0.175 e. The lowest BCUT2D eigenvalue weighted by Crippen LogP contribution is -1.99. The van der Waals surface area contributed by atoms with E-state index in [-0.39, 0.29) is 4.90 Å². The van der Waals surface area contributed by atoms with Crippen LogP contribution >= 0.6 is 11.8 Å². The summed E-state index contributed by atoms with van der Waals surface area (Å²) in [4.78, 5) is 2.30. The number of sulfone groups is 1. The molecule has 2 aromatic carbocycles. The summed E-state index contributed by atoms with van der Waals surface area (Å²) in [6.45, 7) is 0. The summed E-state index contributed by atoms with van der Waals surface area (Å²) in [7, 11) is -3.21. The van der Waals surface area contributed by atoms with Gasteiger partial charge in [0.15, 0.2) is 9.84 Å². The van der Waals surface area contributed by atoms with Gasteiger partial charge in [0.05, 0.1) is 4.90 Å². The Labute approximate surface area is 129 Å². The molecule has 2 aromatic rings. The minimum atomic E-state index is -3.21. The van der Waals surface area contributed by atoms with Crippen LogP contribution in [0.1, 0.15) is 17.5 Å². The summed E-state index contributed by atoms with van der Waals surface area (Å²) in [5.41, 5.74) is 9.36. The highest BCUT2D eigenvalue weighted by atomic mass is 32.2. The van der Waals surface area contributed by atoms with Gasteiger partial charge in [-0.05, 0) is 60.7 Å². The van der Waals surface area contributed by atoms with E-state index in [1.54, 1.807) is 23.9 Å². The van der Waals surface area contributed by atoms with Crippen molar-refractivity contribution in [3.05, 3.63) is 47.5 Å². The van der Waals surface area contributed by atoms with Gasteiger partial charge in [0.25, 0.3) is 0 Å². The van der Waals surface area contributed by atoms with E-state index in [4.69, 9.17) is 5.73 Å². The monoisotopic (exact) mass is 319 g/mol. The first-order valence-corrected chi connectivity index (χ1v) is 9.53. The molecule has 2 N–H and O–H groups in total. The van der Waals surface area contributed by atoms with Crippen LogP contribution in [0, 0.1) is 0 Å². The lowest BCUT2D eigenvalue weighted by molar-refractivity contribution is 0.602. The maximum atomic E-state index is 11.5. The molecule has 0 aliphatic heterocycles. The molecular weight excluding hydrogens is 302 g/mol. The molecule has 1 aliphatic rings. The second-order valence-corrected chi connectivity index (χ2v) is 8.49. The number of hydrogen-bond donors (Lipinski definition) is 1. The van der Waals surface area contributed by atoms with E-state index in [2.05, 4.69) is 18.2 Å². The third kappa shape index (κ3) is 3.09. The summed E-state index contributed by atoms with van der Waals surface area (Å²) < 4.78 is 23.0. The molecule has 0 fully saturated rings. The maximum Gasteiger partial charge on any atom is 0.175 e. The summed E-state index contributed by atoms with van der Waals surface area (Å²) in [6, 6.07) is 11.4. The molecule has 0 spiro atoms. The molecule has 1 aliphatic carbocycles. The molecule has 0 amide bonds. The zero-order chi connectivity index (χ0) is 15.0. The number of rotatable bonds is 3. The Morgan fingerprint density at radius 3 is 2.52 bits per heavy atom. The molecule has 5 heteroatoms. The Hall–Kier alpha value is -1.46. The van der Waals surface area contributed by atoms with Gasteiger partial charge < -0.3 is 5.73 Å². The molecule has 0 saturated heterocycles. The van der Waals surface area contributed by atoms with Gasteiger partial charge in [-0.3, -0.25) is 0 Å². The molecule has 0 saturated carbocycles. The van der Waals surface area contributed by atoms with Crippen molar-refractivity contribution in [2.45, 2.75) is 33.9 Å². The number of fused-ring (bicyclic) bond motifs is 1. The zero-order valence-corrected chi connectivity index (χ0v) is 13.4. The molecule has 0 heterocycles. The van der Waals surface area contributed by atoms with E-state index in [0.29, 0.717) is 5.69 Å². The maximum absolute atomic E-state index is 11.5. The molecular formula is C16H17NO2S2. The topological polar surface area (TPSA) is 60.2 Å². The predicted molar refractivity (Wildman–Crippen MR) is 86.6 cm³/mol. The van der Waals surface area contributed by atoms with Crippen LogP contribution in [-0.2, 0) is 22.7 Å². The summed E-state index contributed by atoms with van der Waals surface area (Å²) in [6.07, 6.45) is 4.74. The standard InChI is InChI=1S/C16H17NO2S2/c1-21(18,19)14-7-8-16(15(17)10-14)20-13-6-5-11-3-2-4-12(11)9-13/h5-10H,2-4,17H2,1H3. The zero-order valence-electron chi connectivity index (χ0n) is 11.8. The second kappa shape index (κ2) is 5.39. The first-order chi connectivity index (χ1) is 9.93. The fourth-order valence-electron chi connectivity index (χ4n) is 2.59. The van der Waals surface area contributed by atoms with Gasteiger partial charge in [-0.1, -0.05) is 17.8 Å². The Bertz CT molecular complexity index is 798. The Morgan fingerprint density at radius 1 is 1.05 bits per heavy atom. The summed E-state index contributed by atoms with van der Waals surface area (Å²) in [5, 5.41) is 0. The highest BCUT2D eigenvalue weighted by Gasteiger charge is 2.13. The lowest BCUT2D eigenvalue weighted by atomic mass is 10.1. The van der Waals surface area contributed by atoms with Crippen molar-refractivity contribution in [2.24, 2.45) is 0 Å². The van der Waals surface area contributed by atoms with Crippen molar-refractivity contribution < 1.29 is 8.42 Å². The van der Waals surface area contributed by atoms with E-state index in [9.17, 15) is 8.42 Å². The number of hydrogen-bond acceptors (Lipinski definition) is 4. The van der Waals surface area contributed by atoms with Crippen LogP contribution in [-0.4, -0.2) is 14.7 Å². The Morgan fingerprint density at radius 2 is 1.81 bits per heavy atom. The third-order valence-corrected chi connectivity index (χ3v) is 5.90. The van der Waals surface area contributed by atoms with Gasteiger partial charge in [0.2, 0.25) is 0 Å². The fraction of sp³-hybridized carbons (Fsp3) is 0.250. The van der Waals surface area contributed by atoms with Crippen molar-refractivity contribution in [1.82, 2.24) is 0 Å². The van der Waals surface area contributed by atoms with E-state index in [1.807, 2.05) is 0 Å². The number of benzene rings is 2. The van der Waals surface area contributed by atoms with E-state index < -0.39 is 9.84 Å². The molecule has 110 valence electrons. The highest BCUT2D eigenvalue weighted by Crippen LogP contribution is 2.35. The van der Waals surface area contributed by atoms with Crippen LogP contribution in [0.4, 0.5) is 5.69 Å². The van der Waals surface area contributed by atoms with Crippen LogP contribution in [0.2, 0.25) is 0 Å². The molecule has 21 heavy (non-hydrogen) atoms. The lowest BCUT2D eigenvalue weighted by Gasteiger charge is -2.08. The largest absolute Gasteiger partial charge is 0.398 e. The minimum absolute atomic E-state index is 0.262. The van der Waals surface area contributed by atoms with Gasteiger partial charge in [-0.25, -0.2) is 8.42 Å². The van der Waals surface area contributed by atoms with E-state index in [1.165, 1.54) is 36.3 Å². The minimum Gasteiger partial charge on any atom is -0.398 e. The highest BCUT2D eigenvalue weighted by molar-refractivity contribution is 7.99. The third-order valence-electron chi connectivity index (χ3n) is 3.71. The molecule has 0 aromatic heterocycles. The molecule has 0 radical (unpaired) electrons. The van der Waals surface area contributed by atoms with Gasteiger partial charge in [-0.15, -0.1) is 0 Å². The SMILES string of the molecule is CS(=O)(=O)c1ccc(Sc2ccc3c(c2)CCC3)c(N)c1. The van der Waals surface area contributed by atoms with Crippen molar-refractivity contribution in [2.75, 3.05) is 12.0 Å². The van der Waals surface area contributed by atoms with Crippen LogP contribution < -0.4 is 5.73 Å². The number of anilines is 1. The van der Waals surface area contributed by atoms with Crippen molar-refractivity contribution >= 4 is 27.3 Å². The first kappa shape index (κ1) is 14.5. The van der Waals surface area contributed by atoms with Gasteiger partial charge in [0, 0.05) is 21.7 Å². The van der Waals surface area contributed by atoms with E-state index >= 15 is 0 Å². The van der Waals surface area contributed by atoms with Crippen LogP contribution in [0.15, 0.2) is 51.1 Å². The molecule has 0 bridgehead atoms. The van der Waals surface area contributed by atoms with E-state index in [0.717, 1.165) is 16.2 Å². The molecule has 3 rings (SSSR count). The van der Waals surface area contributed by atoms with Crippen LogP contribution in [0.25, 0.3) is 0 Å². The summed E-state index contributed by atoms with van der Waals surface area (Å²) in [5.74, 6) is 0. The van der Waals surface area contributed by atoms with Crippen molar-refractivity contribution in [3.63, 3.8) is 0 Å². The van der Waals surface area contributed by atoms with Crippen LogP contribution in [0.3, 0.4) is 0 Å². The molecule has 3 nitrogen and oxygen atoms in total. The quantitative estimate of drug-likeness (QED) is 0.882. The van der Waals surface area contributed by atoms with Crippen molar-refractivity contribution in [1.29, 1.82) is 0 Å². The normalized spacial score (nSPS) is 14.1. The molecule has 0 atom stereocenters. The first-order valence-electron chi connectivity index (χ1n) is 6.83. The average Bonchev–Trinajstić information content (AvgIpc) is 2.87. The number of nitrogen functional groups attached to an aromatic ring is 1. The second-order valence-electron chi connectivity index (χ2n) is 5.36. The van der Waals surface area contributed by atoms with Gasteiger partial charge in [-0.2, -0.15) is 0 Å². The summed E-state index contributed by atoms with van der Waals surface area (Å²) >= 11 is 1.58.